The number of unbranched alkanes of at least 4 members (excludes halogenated alkanes) is 7. The van der Waals surface area contributed by atoms with Gasteiger partial charge in [0.2, 0.25) is 0 Å². The molecule has 0 atom stereocenters. The van der Waals surface area contributed by atoms with Crippen LogP contribution in [0.4, 0.5) is 0 Å². The average Bonchev–Trinajstić information content (AvgIpc) is 2.84. The van der Waals surface area contributed by atoms with Gasteiger partial charge in [-0.3, -0.25) is 0 Å². The molecule has 1 aromatic carbocycles. The van der Waals surface area contributed by atoms with Crippen LogP contribution in [0.25, 0.3) is 10.9 Å². The maximum absolute atomic E-state index is 3.56. The van der Waals surface area contributed by atoms with E-state index in [1.54, 1.807) is 0 Å². The molecule has 0 bridgehead atoms. The van der Waals surface area contributed by atoms with Gasteiger partial charge in [0.15, 0.2) is 0 Å². The summed E-state index contributed by atoms with van der Waals surface area (Å²) >= 11 is 3.56. The van der Waals surface area contributed by atoms with Crippen LogP contribution in [0.15, 0.2) is 34.9 Å². The molecular formula is C18H26BrN. The molecule has 0 amide bonds. The summed E-state index contributed by atoms with van der Waals surface area (Å²) in [6.45, 7) is 3.43. The summed E-state index contributed by atoms with van der Waals surface area (Å²) in [6, 6.07) is 8.74. The highest BCUT2D eigenvalue weighted by Crippen LogP contribution is 2.21. The van der Waals surface area contributed by atoms with Gasteiger partial charge in [-0.15, -0.1) is 0 Å². The Morgan fingerprint density at radius 1 is 0.900 bits per heavy atom. The fourth-order valence-corrected chi connectivity index (χ4v) is 3.12. The minimum absolute atomic E-state index is 1.15. The van der Waals surface area contributed by atoms with Gasteiger partial charge in [-0.1, -0.05) is 73.9 Å². The lowest BCUT2D eigenvalue weighted by Gasteiger charge is -2.06. The van der Waals surface area contributed by atoms with Gasteiger partial charge in [0, 0.05) is 22.7 Å². The van der Waals surface area contributed by atoms with E-state index < -0.39 is 0 Å². The molecule has 0 aliphatic heterocycles. The molecule has 0 unspecified atom stereocenters. The van der Waals surface area contributed by atoms with E-state index in [0.717, 1.165) is 6.54 Å². The lowest BCUT2D eigenvalue weighted by atomic mass is 10.1. The molecule has 0 radical (unpaired) electrons. The predicted molar refractivity (Wildman–Crippen MR) is 92.2 cm³/mol. The summed E-state index contributed by atoms with van der Waals surface area (Å²) in [5, 5.41) is 1.34. The number of rotatable bonds is 9. The van der Waals surface area contributed by atoms with Crippen LogP contribution in [0.1, 0.15) is 58.3 Å². The number of nitrogens with zero attached hydrogens (tertiary/aromatic N) is 1. The first kappa shape index (κ1) is 15.6. The summed E-state index contributed by atoms with van der Waals surface area (Å²) in [5.41, 5.74) is 1.35. The van der Waals surface area contributed by atoms with Crippen molar-refractivity contribution in [3.05, 3.63) is 34.9 Å². The van der Waals surface area contributed by atoms with Gasteiger partial charge in [-0.25, -0.2) is 0 Å². The molecule has 1 aromatic heterocycles. The molecule has 2 heteroatoms. The van der Waals surface area contributed by atoms with Crippen molar-refractivity contribution >= 4 is 26.8 Å². The third kappa shape index (κ3) is 4.66. The van der Waals surface area contributed by atoms with Crippen molar-refractivity contribution in [2.45, 2.75) is 64.8 Å². The van der Waals surface area contributed by atoms with E-state index in [2.05, 4.69) is 57.9 Å². The first-order chi connectivity index (χ1) is 9.81. The van der Waals surface area contributed by atoms with Crippen LogP contribution in [0.2, 0.25) is 0 Å². The summed E-state index contributed by atoms with van der Waals surface area (Å²) in [4.78, 5) is 0. The summed E-state index contributed by atoms with van der Waals surface area (Å²) in [7, 11) is 0. The van der Waals surface area contributed by atoms with E-state index >= 15 is 0 Å². The van der Waals surface area contributed by atoms with E-state index in [0.29, 0.717) is 0 Å². The smallest absolute Gasteiger partial charge is 0.0491 e. The Hall–Kier alpha value is -0.760. The van der Waals surface area contributed by atoms with Gasteiger partial charge in [0.25, 0.3) is 0 Å². The zero-order valence-electron chi connectivity index (χ0n) is 12.6. The monoisotopic (exact) mass is 335 g/mol. The van der Waals surface area contributed by atoms with Gasteiger partial charge in [0.1, 0.15) is 0 Å². The molecule has 0 aliphatic carbocycles. The maximum Gasteiger partial charge on any atom is 0.0491 e. The predicted octanol–water partition coefficient (Wildman–Crippen LogP) is 6.54. The van der Waals surface area contributed by atoms with E-state index in [1.165, 1.54) is 66.7 Å². The molecule has 0 spiro atoms. The highest BCUT2D eigenvalue weighted by molar-refractivity contribution is 9.10. The van der Waals surface area contributed by atoms with Gasteiger partial charge >= 0.3 is 0 Å². The Labute approximate surface area is 131 Å². The van der Waals surface area contributed by atoms with Gasteiger partial charge < -0.3 is 4.57 Å². The van der Waals surface area contributed by atoms with Crippen LogP contribution in [0, 0.1) is 0 Å². The molecule has 0 saturated carbocycles. The van der Waals surface area contributed by atoms with Crippen molar-refractivity contribution in [1.29, 1.82) is 0 Å². The molecule has 0 N–H and O–H groups in total. The Morgan fingerprint density at radius 2 is 1.60 bits per heavy atom. The normalized spacial score (nSPS) is 11.3. The lowest BCUT2D eigenvalue weighted by Crippen LogP contribution is -1.96. The SMILES string of the molecule is CCCCCCCCCCn1ccc2ccc(Br)cc21. The van der Waals surface area contributed by atoms with Crippen molar-refractivity contribution in [3.63, 3.8) is 0 Å². The Kier molecular flexibility index (Phi) is 6.65. The van der Waals surface area contributed by atoms with Crippen molar-refractivity contribution in [2.24, 2.45) is 0 Å². The number of hydrogen-bond acceptors (Lipinski definition) is 0. The number of benzene rings is 1. The van der Waals surface area contributed by atoms with E-state index in [4.69, 9.17) is 0 Å². The average molecular weight is 336 g/mol. The Morgan fingerprint density at radius 3 is 2.35 bits per heavy atom. The Balaban J connectivity index is 1.69. The highest BCUT2D eigenvalue weighted by atomic mass is 79.9. The van der Waals surface area contributed by atoms with E-state index in [9.17, 15) is 0 Å². The molecule has 2 rings (SSSR count). The summed E-state index contributed by atoms with van der Waals surface area (Å²) in [5.74, 6) is 0. The second kappa shape index (κ2) is 8.51. The van der Waals surface area contributed by atoms with Crippen LogP contribution in [-0.2, 0) is 6.54 Å². The second-order valence-corrected chi connectivity index (χ2v) is 6.60. The molecule has 20 heavy (non-hydrogen) atoms. The van der Waals surface area contributed by atoms with Crippen molar-refractivity contribution in [2.75, 3.05) is 0 Å². The summed E-state index contributed by atoms with van der Waals surface area (Å²) < 4.78 is 3.55. The van der Waals surface area contributed by atoms with E-state index in [1.807, 2.05) is 0 Å². The first-order valence-electron chi connectivity index (χ1n) is 8.05. The first-order valence-corrected chi connectivity index (χ1v) is 8.85. The minimum atomic E-state index is 1.15. The lowest BCUT2D eigenvalue weighted by molar-refractivity contribution is 0.549. The van der Waals surface area contributed by atoms with Crippen molar-refractivity contribution in [1.82, 2.24) is 4.57 Å². The second-order valence-electron chi connectivity index (χ2n) is 5.69. The number of fused-ring (bicyclic) bond motifs is 1. The van der Waals surface area contributed by atoms with Crippen LogP contribution < -0.4 is 0 Å². The molecule has 0 fully saturated rings. The van der Waals surface area contributed by atoms with Gasteiger partial charge in [-0.05, 0) is 30.0 Å². The minimum Gasteiger partial charge on any atom is -0.347 e. The third-order valence-electron chi connectivity index (χ3n) is 3.99. The van der Waals surface area contributed by atoms with Gasteiger partial charge in [-0.2, -0.15) is 0 Å². The molecule has 1 nitrogen and oxygen atoms in total. The number of aryl methyl sites for hydroxylation is 1. The topological polar surface area (TPSA) is 4.93 Å². The number of aromatic nitrogens is 1. The standard InChI is InChI=1S/C18H26BrN/c1-2-3-4-5-6-7-8-9-13-20-14-12-16-10-11-17(19)15-18(16)20/h10-12,14-15H,2-9,13H2,1H3. The molecule has 110 valence electrons. The molecule has 0 saturated heterocycles. The van der Waals surface area contributed by atoms with Crippen LogP contribution in [0.5, 0.6) is 0 Å². The van der Waals surface area contributed by atoms with Crippen molar-refractivity contribution < 1.29 is 0 Å². The van der Waals surface area contributed by atoms with Crippen molar-refractivity contribution in [3.8, 4) is 0 Å². The molecular weight excluding hydrogens is 310 g/mol. The fourth-order valence-electron chi connectivity index (χ4n) is 2.77. The maximum atomic E-state index is 3.56. The van der Waals surface area contributed by atoms with Crippen LogP contribution in [0.3, 0.4) is 0 Å². The summed E-state index contributed by atoms with van der Waals surface area (Å²) in [6.07, 6.45) is 13.3. The fraction of sp³-hybridized carbons (Fsp3) is 0.556. The quantitative estimate of drug-likeness (QED) is 0.458. The number of hydrogen-bond donors (Lipinski definition) is 0. The van der Waals surface area contributed by atoms with Gasteiger partial charge in [0.05, 0.1) is 0 Å². The number of halogens is 1. The third-order valence-corrected chi connectivity index (χ3v) is 4.48. The highest BCUT2D eigenvalue weighted by Gasteiger charge is 2.01. The largest absolute Gasteiger partial charge is 0.347 e. The molecule has 1 heterocycles. The molecule has 0 aliphatic rings. The zero-order chi connectivity index (χ0) is 14.2. The zero-order valence-corrected chi connectivity index (χ0v) is 14.2. The Bertz CT molecular complexity index is 515. The molecule has 2 aromatic rings. The van der Waals surface area contributed by atoms with E-state index in [-0.39, 0.29) is 0 Å². The van der Waals surface area contributed by atoms with Crippen LogP contribution >= 0.6 is 15.9 Å². The van der Waals surface area contributed by atoms with Crippen LogP contribution in [-0.4, -0.2) is 4.57 Å².